The third kappa shape index (κ3) is 2.59. The summed E-state index contributed by atoms with van der Waals surface area (Å²) in [6, 6.07) is 8.13. The molecule has 0 unspecified atom stereocenters. The number of ether oxygens (including phenoxy) is 1. The van der Waals surface area contributed by atoms with Crippen molar-refractivity contribution in [3.8, 4) is 11.3 Å². The topological polar surface area (TPSA) is 55.0 Å². The largest absolute Gasteiger partial charge is 0.469 e. The molecule has 0 aliphatic carbocycles. The Hall–Kier alpha value is -2.10. The molecular formula is C14H16N2O2. The van der Waals surface area contributed by atoms with Crippen LogP contribution in [0.25, 0.3) is 11.3 Å². The van der Waals surface area contributed by atoms with E-state index in [9.17, 15) is 4.79 Å². The number of benzene rings is 1. The number of nitrogens with zero attached hydrogens (tertiary/aromatic N) is 1. The molecule has 1 N–H and O–H groups in total. The SMILES string of the molecule is COC(=O)Cc1nc(-c2cccc(C)c2)c(C)[nH]1. The fourth-order valence-corrected chi connectivity index (χ4v) is 1.89. The number of hydrogen-bond acceptors (Lipinski definition) is 3. The molecule has 4 heteroatoms. The average Bonchev–Trinajstić information content (AvgIpc) is 2.70. The van der Waals surface area contributed by atoms with Crippen molar-refractivity contribution in [1.82, 2.24) is 9.97 Å². The first-order valence-electron chi connectivity index (χ1n) is 5.79. The van der Waals surface area contributed by atoms with E-state index >= 15 is 0 Å². The maximum atomic E-state index is 11.2. The van der Waals surface area contributed by atoms with E-state index in [1.807, 2.05) is 32.0 Å². The number of aryl methyl sites for hydroxylation is 2. The minimum Gasteiger partial charge on any atom is -0.469 e. The lowest BCUT2D eigenvalue weighted by Crippen LogP contribution is -2.05. The third-order valence-electron chi connectivity index (χ3n) is 2.76. The van der Waals surface area contributed by atoms with Gasteiger partial charge in [0.2, 0.25) is 0 Å². The van der Waals surface area contributed by atoms with E-state index in [0.29, 0.717) is 5.82 Å². The molecule has 0 fully saturated rings. The Morgan fingerprint density at radius 1 is 1.39 bits per heavy atom. The second-order valence-corrected chi connectivity index (χ2v) is 4.28. The number of aromatic amines is 1. The van der Waals surface area contributed by atoms with Crippen LogP contribution in [0.5, 0.6) is 0 Å². The van der Waals surface area contributed by atoms with E-state index in [2.05, 4.69) is 20.8 Å². The van der Waals surface area contributed by atoms with Gasteiger partial charge in [-0.1, -0.05) is 23.8 Å². The van der Waals surface area contributed by atoms with Crippen LogP contribution < -0.4 is 0 Å². The van der Waals surface area contributed by atoms with Crippen LogP contribution in [0.15, 0.2) is 24.3 Å². The minimum absolute atomic E-state index is 0.170. The van der Waals surface area contributed by atoms with Crippen LogP contribution in [-0.4, -0.2) is 23.0 Å². The molecule has 2 rings (SSSR count). The number of rotatable bonds is 3. The van der Waals surface area contributed by atoms with Gasteiger partial charge >= 0.3 is 5.97 Å². The number of aromatic nitrogens is 2. The van der Waals surface area contributed by atoms with Crippen LogP contribution in [0.1, 0.15) is 17.1 Å². The van der Waals surface area contributed by atoms with Gasteiger partial charge in [-0.15, -0.1) is 0 Å². The molecule has 1 heterocycles. The van der Waals surface area contributed by atoms with E-state index in [1.165, 1.54) is 12.7 Å². The third-order valence-corrected chi connectivity index (χ3v) is 2.76. The summed E-state index contributed by atoms with van der Waals surface area (Å²) in [6.45, 7) is 3.99. The van der Waals surface area contributed by atoms with Gasteiger partial charge in [-0.05, 0) is 19.9 Å². The first-order chi connectivity index (χ1) is 8.60. The van der Waals surface area contributed by atoms with Crippen LogP contribution in [0, 0.1) is 13.8 Å². The molecule has 0 aliphatic heterocycles. The van der Waals surface area contributed by atoms with Gasteiger partial charge in [0, 0.05) is 11.3 Å². The predicted molar refractivity (Wildman–Crippen MR) is 69.2 cm³/mol. The fourth-order valence-electron chi connectivity index (χ4n) is 1.89. The van der Waals surface area contributed by atoms with Crippen molar-refractivity contribution >= 4 is 5.97 Å². The molecule has 2 aromatic rings. The highest BCUT2D eigenvalue weighted by Crippen LogP contribution is 2.22. The smallest absolute Gasteiger partial charge is 0.313 e. The Morgan fingerprint density at radius 2 is 2.17 bits per heavy atom. The normalized spacial score (nSPS) is 10.4. The van der Waals surface area contributed by atoms with E-state index in [1.54, 1.807) is 0 Å². The van der Waals surface area contributed by atoms with Crippen molar-refractivity contribution in [2.75, 3.05) is 7.11 Å². The average molecular weight is 244 g/mol. The fraction of sp³-hybridized carbons (Fsp3) is 0.286. The first kappa shape index (κ1) is 12.4. The van der Waals surface area contributed by atoms with E-state index in [0.717, 1.165) is 17.0 Å². The number of carbonyl (C=O) groups excluding carboxylic acids is 1. The van der Waals surface area contributed by atoms with Gasteiger partial charge < -0.3 is 9.72 Å². The molecule has 0 amide bonds. The van der Waals surface area contributed by atoms with Gasteiger partial charge in [-0.25, -0.2) is 4.98 Å². The first-order valence-corrected chi connectivity index (χ1v) is 5.79. The highest BCUT2D eigenvalue weighted by Gasteiger charge is 2.12. The van der Waals surface area contributed by atoms with Gasteiger partial charge in [-0.2, -0.15) is 0 Å². The summed E-state index contributed by atoms with van der Waals surface area (Å²) in [5.74, 6) is 0.343. The molecule has 0 radical (unpaired) electrons. The summed E-state index contributed by atoms with van der Waals surface area (Å²) in [5.41, 5.74) is 4.08. The minimum atomic E-state index is -0.292. The number of carbonyl (C=O) groups is 1. The van der Waals surface area contributed by atoms with E-state index in [4.69, 9.17) is 0 Å². The highest BCUT2D eigenvalue weighted by molar-refractivity contribution is 5.72. The molecule has 0 spiro atoms. The lowest BCUT2D eigenvalue weighted by Gasteiger charge is -1.99. The van der Waals surface area contributed by atoms with E-state index < -0.39 is 0 Å². The van der Waals surface area contributed by atoms with Crippen molar-refractivity contribution in [3.63, 3.8) is 0 Å². The molecular weight excluding hydrogens is 228 g/mol. The zero-order valence-electron chi connectivity index (χ0n) is 10.8. The zero-order chi connectivity index (χ0) is 13.1. The number of nitrogens with one attached hydrogen (secondary N) is 1. The second kappa shape index (κ2) is 5.04. The van der Waals surface area contributed by atoms with Gasteiger partial charge in [-0.3, -0.25) is 4.79 Å². The molecule has 0 atom stereocenters. The molecule has 0 saturated carbocycles. The van der Waals surface area contributed by atoms with Gasteiger partial charge in [0.15, 0.2) is 0 Å². The van der Waals surface area contributed by atoms with Crippen LogP contribution in [-0.2, 0) is 16.0 Å². The van der Waals surface area contributed by atoms with Crippen LogP contribution in [0.4, 0.5) is 0 Å². The zero-order valence-corrected chi connectivity index (χ0v) is 10.8. The van der Waals surface area contributed by atoms with Gasteiger partial charge in [0.25, 0.3) is 0 Å². The molecule has 18 heavy (non-hydrogen) atoms. The number of H-pyrrole nitrogens is 1. The lowest BCUT2D eigenvalue weighted by atomic mass is 10.1. The molecule has 1 aromatic heterocycles. The van der Waals surface area contributed by atoms with Crippen molar-refractivity contribution in [2.45, 2.75) is 20.3 Å². The Labute approximate surface area is 106 Å². The summed E-state index contributed by atoms with van der Waals surface area (Å²) in [4.78, 5) is 18.8. The Morgan fingerprint density at radius 3 is 2.83 bits per heavy atom. The number of esters is 1. The molecule has 94 valence electrons. The standard InChI is InChI=1S/C14H16N2O2/c1-9-5-4-6-11(7-9)14-10(2)15-12(16-14)8-13(17)18-3/h4-7H,8H2,1-3H3,(H,15,16). The Balaban J connectivity index is 2.32. The molecule has 4 nitrogen and oxygen atoms in total. The monoisotopic (exact) mass is 244 g/mol. The molecule has 0 saturated heterocycles. The summed E-state index contributed by atoms with van der Waals surface area (Å²) in [6.07, 6.45) is 0.170. The van der Waals surface area contributed by atoms with Crippen molar-refractivity contribution in [1.29, 1.82) is 0 Å². The van der Waals surface area contributed by atoms with Crippen molar-refractivity contribution < 1.29 is 9.53 Å². The van der Waals surface area contributed by atoms with E-state index in [-0.39, 0.29) is 12.4 Å². The number of methoxy groups -OCH3 is 1. The van der Waals surface area contributed by atoms with Crippen LogP contribution in [0.2, 0.25) is 0 Å². The van der Waals surface area contributed by atoms with Crippen LogP contribution in [0.3, 0.4) is 0 Å². The summed E-state index contributed by atoms with van der Waals surface area (Å²) in [7, 11) is 1.37. The maximum Gasteiger partial charge on any atom is 0.313 e. The predicted octanol–water partition coefficient (Wildman–Crippen LogP) is 2.41. The van der Waals surface area contributed by atoms with Crippen molar-refractivity contribution in [2.24, 2.45) is 0 Å². The van der Waals surface area contributed by atoms with Crippen molar-refractivity contribution in [3.05, 3.63) is 41.3 Å². The molecule has 1 aromatic carbocycles. The Bertz CT molecular complexity index is 573. The van der Waals surface area contributed by atoms with Crippen LogP contribution >= 0.6 is 0 Å². The number of imidazole rings is 1. The van der Waals surface area contributed by atoms with Gasteiger partial charge in [0.1, 0.15) is 12.2 Å². The molecule has 0 aliphatic rings. The molecule has 0 bridgehead atoms. The summed E-state index contributed by atoms with van der Waals surface area (Å²) < 4.78 is 4.63. The quantitative estimate of drug-likeness (QED) is 0.843. The van der Waals surface area contributed by atoms with Gasteiger partial charge in [0.05, 0.1) is 12.8 Å². The maximum absolute atomic E-state index is 11.2. The highest BCUT2D eigenvalue weighted by atomic mass is 16.5. The summed E-state index contributed by atoms with van der Waals surface area (Å²) in [5, 5.41) is 0. The second-order valence-electron chi connectivity index (χ2n) is 4.28. The number of hydrogen-bond donors (Lipinski definition) is 1. The summed E-state index contributed by atoms with van der Waals surface area (Å²) >= 11 is 0. The lowest BCUT2D eigenvalue weighted by molar-refractivity contribution is -0.139. The Kier molecular flexibility index (Phi) is 3.46.